The molecule has 5 rings (SSSR count). The molecular formula is C34H33ClO2Ti. The van der Waals surface area contributed by atoms with E-state index in [9.17, 15) is 0 Å². The molecule has 2 nitrogen and oxygen atoms in total. The SMILES string of the molecule is CC1=C(C)C(C)(C)[C]([Ti+]([O]c2ccccc2-c2ccccc2)[O]c2ccccc2-c2ccccc2)=C1C.[Cl-]. The van der Waals surface area contributed by atoms with Gasteiger partial charge in [0.2, 0.25) is 0 Å². The predicted molar refractivity (Wildman–Crippen MR) is 150 cm³/mol. The van der Waals surface area contributed by atoms with Gasteiger partial charge in [-0.2, -0.15) is 0 Å². The zero-order chi connectivity index (χ0) is 26.0. The molecule has 0 heterocycles. The molecule has 0 N–H and O–H groups in total. The molecule has 0 fully saturated rings. The van der Waals surface area contributed by atoms with Crippen LogP contribution in [-0.2, 0) is 18.6 Å². The van der Waals surface area contributed by atoms with Crippen molar-refractivity contribution in [3.8, 4) is 33.8 Å². The summed E-state index contributed by atoms with van der Waals surface area (Å²) >= 11 is -2.84. The molecule has 0 bridgehead atoms. The summed E-state index contributed by atoms with van der Waals surface area (Å²) in [7, 11) is 0. The number of para-hydroxylation sites is 2. The molecule has 0 radical (unpaired) electrons. The molecule has 0 aliphatic heterocycles. The monoisotopic (exact) mass is 556 g/mol. The summed E-state index contributed by atoms with van der Waals surface area (Å²) in [5, 5.41) is 0. The van der Waals surface area contributed by atoms with Crippen LogP contribution in [0.1, 0.15) is 34.6 Å². The van der Waals surface area contributed by atoms with E-state index >= 15 is 0 Å². The number of allylic oxidation sites excluding steroid dienone is 4. The van der Waals surface area contributed by atoms with E-state index in [-0.39, 0.29) is 17.8 Å². The van der Waals surface area contributed by atoms with E-state index < -0.39 is 18.6 Å². The van der Waals surface area contributed by atoms with Crippen LogP contribution in [0, 0.1) is 5.41 Å². The number of hydrogen-bond acceptors (Lipinski definition) is 2. The molecular weight excluding hydrogens is 524 g/mol. The van der Waals surface area contributed by atoms with Gasteiger partial charge in [0, 0.05) is 0 Å². The van der Waals surface area contributed by atoms with Crippen LogP contribution in [0.3, 0.4) is 0 Å². The first-order valence-electron chi connectivity index (χ1n) is 12.8. The minimum atomic E-state index is -2.84. The second kappa shape index (κ2) is 11.8. The van der Waals surface area contributed by atoms with Crippen molar-refractivity contribution in [1.29, 1.82) is 0 Å². The summed E-state index contributed by atoms with van der Waals surface area (Å²) in [6.45, 7) is 11.3. The molecule has 4 aromatic rings. The van der Waals surface area contributed by atoms with Crippen LogP contribution in [0.25, 0.3) is 22.3 Å². The Labute approximate surface area is 240 Å². The molecule has 4 aromatic carbocycles. The fourth-order valence-corrected chi connectivity index (χ4v) is 8.57. The van der Waals surface area contributed by atoms with E-state index in [1.807, 2.05) is 24.3 Å². The quantitative estimate of drug-likeness (QED) is 0.239. The molecule has 4 heteroatoms. The third-order valence-corrected chi connectivity index (χ3v) is 11.1. The molecule has 0 aromatic heterocycles. The van der Waals surface area contributed by atoms with E-state index in [0.29, 0.717) is 0 Å². The van der Waals surface area contributed by atoms with E-state index in [4.69, 9.17) is 6.64 Å². The Morgan fingerprint density at radius 2 is 0.921 bits per heavy atom. The zero-order valence-electron chi connectivity index (χ0n) is 22.6. The van der Waals surface area contributed by atoms with Crippen LogP contribution in [0.4, 0.5) is 0 Å². The summed E-state index contributed by atoms with van der Waals surface area (Å²) < 4.78 is 15.4. The van der Waals surface area contributed by atoms with Gasteiger partial charge < -0.3 is 12.4 Å². The molecule has 0 spiro atoms. The summed E-state index contributed by atoms with van der Waals surface area (Å²) in [6, 6.07) is 37.5. The standard InChI is InChI=1S/2C12H10O.C10H15.ClH.Ti/c2*13-12-9-5-4-8-11(12)10-6-2-1-3-7-10;1-7-6-10(4,5)9(3)8(7)2;;/h2*1-9,13H;1-5H3;1H;/q;;;;+3/p-3. The number of benzene rings is 4. The van der Waals surface area contributed by atoms with E-state index in [2.05, 4.69) is 120 Å². The van der Waals surface area contributed by atoms with Gasteiger partial charge in [-0.15, -0.1) is 0 Å². The van der Waals surface area contributed by atoms with Gasteiger partial charge in [0.1, 0.15) is 0 Å². The molecule has 0 amide bonds. The van der Waals surface area contributed by atoms with Crippen LogP contribution < -0.4 is 19.0 Å². The van der Waals surface area contributed by atoms with Crippen molar-refractivity contribution in [1.82, 2.24) is 0 Å². The Morgan fingerprint density at radius 3 is 1.32 bits per heavy atom. The van der Waals surface area contributed by atoms with Crippen LogP contribution in [0.5, 0.6) is 11.5 Å². The molecule has 1 aliphatic carbocycles. The number of hydrogen-bond donors (Lipinski definition) is 0. The van der Waals surface area contributed by atoms with E-state index in [1.54, 1.807) is 0 Å². The maximum Gasteiger partial charge on any atom is -1.00 e. The van der Waals surface area contributed by atoms with Gasteiger partial charge in [-0.3, -0.25) is 0 Å². The summed E-state index contributed by atoms with van der Waals surface area (Å²) in [6.07, 6.45) is 0. The smallest absolute Gasteiger partial charge is 1.00 e. The Morgan fingerprint density at radius 1 is 0.526 bits per heavy atom. The maximum atomic E-state index is 7.04. The number of rotatable bonds is 7. The van der Waals surface area contributed by atoms with Gasteiger partial charge in [0.15, 0.2) is 0 Å². The van der Waals surface area contributed by atoms with Crippen molar-refractivity contribution in [3.05, 3.63) is 130 Å². The van der Waals surface area contributed by atoms with Crippen molar-refractivity contribution in [2.24, 2.45) is 5.41 Å². The first kappa shape index (κ1) is 28.0. The Bertz CT molecular complexity index is 1390. The van der Waals surface area contributed by atoms with Crippen LogP contribution in [0.15, 0.2) is 130 Å². The fourth-order valence-electron chi connectivity index (χ4n) is 5.15. The molecule has 192 valence electrons. The third-order valence-electron chi connectivity index (χ3n) is 7.62. The van der Waals surface area contributed by atoms with Crippen molar-refractivity contribution >= 4 is 0 Å². The molecule has 0 saturated heterocycles. The van der Waals surface area contributed by atoms with Gasteiger partial charge in [-0.1, -0.05) is 0 Å². The van der Waals surface area contributed by atoms with E-state index in [0.717, 1.165) is 33.8 Å². The van der Waals surface area contributed by atoms with Gasteiger partial charge in [0.25, 0.3) is 0 Å². The van der Waals surface area contributed by atoms with Gasteiger partial charge in [0.05, 0.1) is 0 Å². The first-order chi connectivity index (χ1) is 17.9. The summed E-state index contributed by atoms with van der Waals surface area (Å²) in [5.41, 5.74) is 8.39. The van der Waals surface area contributed by atoms with Crippen molar-refractivity contribution in [3.63, 3.8) is 0 Å². The van der Waals surface area contributed by atoms with Crippen molar-refractivity contribution < 1.29 is 37.7 Å². The molecule has 0 saturated carbocycles. The summed E-state index contributed by atoms with van der Waals surface area (Å²) in [5.74, 6) is 1.75. The second-order valence-corrected chi connectivity index (χ2v) is 12.4. The first-order valence-corrected chi connectivity index (χ1v) is 14.8. The van der Waals surface area contributed by atoms with Gasteiger partial charge in [-0.05, 0) is 0 Å². The zero-order valence-corrected chi connectivity index (χ0v) is 24.9. The maximum absolute atomic E-state index is 7.04. The second-order valence-electron chi connectivity index (χ2n) is 10.1. The third kappa shape index (κ3) is 5.40. The van der Waals surface area contributed by atoms with Crippen LogP contribution in [0.2, 0.25) is 0 Å². The Hall–Kier alpha value is -3.04. The number of halogens is 1. The molecule has 38 heavy (non-hydrogen) atoms. The van der Waals surface area contributed by atoms with Crippen LogP contribution in [-0.4, -0.2) is 0 Å². The van der Waals surface area contributed by atoms with Crippen molar-refractivity contribution in [2.45, 2.75) is 34.6 Å². The largest absolute Gasteiger partial charge is 1.00 e. The molecule has 1 aliphatic rings. The average molecular weight is 557 g/mol. The Balaban J connectivity index is 0.00000336. The van der Waals surface area contributed by atoms with Crippen LogP contribution >= 0.6 is 0 Å². The minimum absolute atomic E-state index is 0. The predicted octanol–water partition coefficient (Wildman–Crippen LogP) is 6.58. The molecule has 0 atom stereocenters. The normalized spacial score (nSPS) is 14.2. The molecule has 0 unspecified atom stereocenters. The average Bonchev–Trinajstić information content (AvgIpc) is 3.08. The fraction of sp³-hybridized carbons (Fsp3) is 0.176. The van der Waals surface area contributed by atoms with Gasteiger partial charge >= 0.3 is 229 Å². The minimum Gasteiger partial charge on any atom is -1.00 e. The van der Waals surface area contributed by atoms with Crippen molar-refractivity contribution in [2.75, 3.05) is 0 Å². The summed E-state index contributed by atoms with van der Waals surface area (Å²) in [4.78, 5) is 0. The topological polar surface area (TPSA) is 18.5 Å². The Kier molecular flexibility index (Phi) is 8.68. The van der Waals surface area contributed by atoms with Gasteiger partial charge in [-0.25, -0.2) is 0 Å². The van der Waals surface area contributed by atoms with E-state index in [1.165, 1.54) is 20.6 Å².